The number of hydrogen-bond donors (Lipinski definition) is 3. The molecule has 0 spiro atoms. The van der Waals surface area contributed by atoms with Gasteiger partial charge in [0.05, 0.1) is 5.25 Å². The number of carbonyl (C=O) groups is 3. The first-order valence-corrected chi connectivity index (χ1v) is 13.8. The summed E-state index contributed by atoms with van der Waals surface area (Å²) in [7, 11) is 0. The molecule has 0 aliphatic rings. The molecule has 0 aromatic heterocycles. The van der Waals surface area contributed by atoms with E-state index >= 15 is 0 Å². The van der Waals surface area contributed by atoms with Gasteiger partial charge in [0, 0.05) is 21.8 Å². The van der Waals surface area contributed by atoms with Crippen molar-refractivity contribution in [2.75, 3.05) is 10.6 Å². The molecule has 0 saturated carbocycles. The number of nitrogens with one attached hydrogen (secondary N) is 3. The first-order chi connectivity index (χ1) is 19.3. The molecule has 202 valence electrons. The standard InChI is InChI=1S/C33H31N3O3S/c1-22-12-10-19-29(23(22)2)35-31(37)24(3)40-28-18-11-17-27(21-28)34-33(39)30(20-25-13-6-4-7-14-25)36-32(38)26-15-8-5-9-16-26/h4-21,24H,1-3H3,(H,34,39)(H,35,37)(H,36,38)/b30-20-. The summed E-state index contributed by atoms with van der Waals surface area (Å²) in [6.07, 6.45) is 1.63. The number of rotatable bonds is 9. The third-order valence-corrected chi connectivity index (χ3v) is 7.37. The van der Waals surface area contributed by atoms with Crippen molar-refractivity contribution in [3.05, 3.63) is 131 Å². The smallest absolute Gasteiger partial charge is 0.272 e. The van der Waals surface area contributed by atoms with Crippen molar-refractivity contribution < 1.29 is 14.4 Å². The number of amides is 3. The first kappa shape index (κ1) is 28.4. The van der Waals surface area contributed by atoms with Gasteiger partial charge in [-0.05, 0) is 79.9 Å². The van der Waals surface area contributed by atoms with Gasteiger partial charge in [0.25, 0.3) is 11.8 Å². The predicted octanol–water partition coefficient (Wildman–Crippen LogP) is 6.83. The van der Waals surface area contributed by atoms with Crippen LogP contribution in [0, 0.1) is 13.8 Å². The maximum atomic E-state index is 13.3. The zero-order valence-electron chi connectivity index (χ0n) is 22.6. The summed E-state index contributed by atoms with van der Waals surface area (Å²) in [5, 5.41) is 8.27. The predicted molar refractivity (Wildman–Crippen MR) is 163 cm³/mol. The van der Waals surface area contributed by atoms with E-state index in [4.69, 9.17) is 0 Å². The van der Waals surface area contributed by atoms with Gasteiger partial charge in [-0.2, -0.15) is 0 Å². The van der Waals surface area contributed by atoms with Crippen LogP contribution < -0.4 is 16.0 Å². The number of anilines is 2. The second-order valence-electron chi connectivity index (χ2n) is 9.27. The Morgan fingerprint density at radius 1 is 0.775 bits per heavy atom. The average Bonchev–Trinajstić information content (AvgIpc) is 2.96. The molecule has 0 aliphatic carbocycles. The van der Waals surface area contributed by atoms with Gasteiger partial charge in [-0.1, -0.05) is 66.7 Å². The number of benzene rings is 4. The second-order valence-corrected chi connectivity index (χ2v) is 10.7. The highest BCUT2D eigenvalue weighted by Gasteiger charge is 2.18. The van der Waals surface area contributed by atoms with Crippen LogP contribution in [0.4, 0.5) is 11.4 Å². The molecule has 1 unspecified atom stereocenters. The van der Waals surface area contributed by atoms with Crippen LogP contribution in [-0.4, -0.2) is 23.0 Å². The number of thioether (sulfide) groups is 1. The van der Waals surface area contributed by atoms with Crippen LogP contribution in [-0.2, 0) is 9.59 Å². The molecule has 4 aromatic carbocycles. The molecule has 0 radical (unpaired) electrons. The fourth-order valence-electron chi connectivity index (χ4n) is 3.88. The lowest BCUT2D eigenvalue weighted by molar-refractivity contribution is -0.115. The normalized spacial score (nSPS) is 11.8. The summed E-state index contributed by atoms with van der Waals surface area (Å²) >= 11 is 1.39. The lowest BCUT2D eigenvalue weighted by Gasteiger charge is -2.15. The van der Waals surface area contributed by atoms with Crippen molar-refractivity contribution in [2.45, 2.75) is 30.9 Å². The summed E-state index contributed by atoms with van der Waals surface area (Å²) in [6, 6.07) is 31.1. The van der Waals surface area contributed by atoms with E-state index in [9.17, 15) is 14.4 Å². The van der Waals surface area contributed by atoms with Crippen molar-refractivity contribution in [2.24, 2.45) is 0 Å². The number of carbonyl (C=O) groups excluding carboxylic acids is 3. The molecule has 1 atom stereocenters. The Labute approximate surface area is 238 Å². The number of hydrogen-bond acceptors (Lipinski definition) is 4. The van der Waals surface area contributed by atoms with Gasteiger partial charge < -0.3 is 16.0 Å². The highest BCUT2D eigenvalue weighted by molar-refractivity contribution is 8.00. The quantitative estimate of drug-likeness (QED) is 0.158. The van der Waals surface area contributed by atoms with Crippen LogP contribution in [0.2, 0.25) is 0 Å². The van der Waals surface area contributed by atoms with E-state index in [-0.39, 0.29) is 22.8 Å². The van der Waals surface area contributed by atoms with Gasteiger partial charge in [-0.15, -0.1) is 11.8 Å². The molecule has 4 rings (SSSR count). The Morgan fingerprint density at radius 3 is 2.17 bits per heavy atom. The molecular weight excluding hydrogens is 518 g/mol. The fraction of sp³-hybridized carbons (Fsp3) is 0.121. The Hall–Kier alpha value is -4.62. The Morgan fingerprint density at radius 2 is 1.45 bits per heavy atom. The highest BCUT2D eigenvalue weighted by Crippen LogP contribution is 2.27. The van der Waals surface area contributed by atoms with Crippen molar-refractivity contribution in [1.82, 2.24) is 5.32 Å². The molecule has 0 heterocycles. The lowest BCUT2D eigenvalue weighted by atomic mass is 10.1. The van der Waals surface area contributed by atoms with Crippen molar-refractivity contribution >= 4 is 46.9 Å². The van der Waals surface area contributed by atoms with E-state index in [1.807, 2.05) is 93.6 Å². The molecule has 4 aromatic rings. The summed E-state index contributed by atoms with van der Waals surface area (Å²) in [4.78, 5) is 39.9. The minimum atomic E-state index is -0.462. The molecule has 0 bridgehead atoms. The van der Waals surface area contributed by atoms with E-state index in [0.29, 0.717) is 11.3 Å². The van der Waals surface area contributed by atoms with Crippen molar-refractivity contribution in [3.8, 4) is 0 Å². The Kier molecular flexibility index (Phi) is 9.54. The SMILES string of the molecule is Cc1cccc(NC(=O)C(C)Sc2cccc(NC(=O)/C(=C/c3ccccc3)NC(=O)c3ccccc3)c2)c1C. The molecule has 7 heteroatoms. The zero-order chi connectivity index (χ0) is 28.5. The van der Waals surface area contributed by atoms with Gasteiger partial charge in [0.2, 0.25) is 5.91 Å². The van der Waals surface area contributed by atoms with Crippen LogP contribution in [0.15, 0.2) is 114 Å². The van der Waals surface area contributed by atoms with E-state index < -0.39 is 5.91 Å². The molecule has 3 N–H and O–H groups in total. The van der Waals surface area contributed by atoms with Crippen molar-refractivity contribution in [1.29, 1.82) is 0 Å². The van der Waals surface area contributed by atoms with E-state index in [1.165, 1.54) is 11.8 Å². The van der Waals surface area contributed by atoms with Crippen LogP contribution in [0.25, 0.3) is 6.08 Å². The monoisotopic (exact) mass is 549 g/mol. The van der Waals surface area contributed by atoms with Gasteiger partial charge in [-0.25, -0.2) is 0 Å². The Bertz CT molecular complexity index is 1540. The third-order valence-electron chi connectivity index (χ3n) is 6.28. The summed E-state index contributed by atoms with van der Waals surface area (Å²) in [5.74, 6) is -0.952. The van der Waals surface area contributed by atoms with Crippen LogP contribution in [0.3, 0.4) is 0 Å². The van der Waals surface area contributed by atoms with E-state index in [1.54, 1.807) is 36.4 Å². The zero-order valence-corrected chi connectivity index (χ0v) is 23.4. The second kappa shape index (κ2) is 13.4. The van der Waals surface area contributed by atoms with Gasteiger partial charge in [0.15, 0.2) is 0 Å². The fourth-order valence-corrected chi connectivity index (χ4v) is 4.81. The molecular formula is C33H31N3O3S. The minimum absolute atomic E-state index is 0.107. The Balaban J connectivity index is 1.46. The van der Waals surface area contributed by atoms with Gasteiger partial charge in [0.1, 0.15) is 5.70 Å². The molecule has 6 nitrogen and oxygen atoms in total. The molecule has 3 amide bonds. The number of aryl methyl sites for hydroxylation is 1. The van der Waals surface area contributed by atoms with Crippen molar-refractivity contribution in [3.63, 3.8) is 0 Å². The summed E-state index contributed by atoms with van der Waals surface area (Å²) in [6.45, 7) is 5.84. The maximum absolute atomic E-state index is 13.3. The summed E-state index contributed by atoms with van der Waals surface area (Å²) < 4.78 is 0. The molecule has 0 fully saturated rings. The van der Waals surface area contributed by atoms with Crippen LogP contribution in [0.5, 0.6) is 0 Å². The highest BCUT2D eigenvalue weighted by atomic mass is 32.2. The van der Waals surface area contributed by atoms with Gasteiger partial charge in [-0.3, -0.25) is 14.4 Å². The van der Waals surface area contributed by atoms with Crippen LogP contribution in [0.1, 0.15) is 34.0 Å². The minimum Gasteiger partial charge on any atom is -0.325 e. The lowest BCUT2D eigenvalue weighted by Crippen LogP contribution is -2.30. The third kappa shape index (κ3) is 7.71. The molecule has 0 saturated heterocycles. The summed E-state index contributed by atoms with van der Waals surface area (Å²) in [5.41, 5.74) is 4.83. The first-order valence-electron chi connectivity index (χ1n) is 12.9. The molecule has 0 aliphatic heterocycles. The molecule has 40 heavy (non-hydrogen) atoms. The van der Waals surface area contributed by atoms with E-state index in [2.05, 4.69) is 16.0 Å². The van der Waals surface area contributed by atoms with E-state index in [0.717, 1.165) is 27.3 Å². The maximum Gasteiger partial charge on any atom is 0.272 e. The van der Waals surface area contributed by atoms with Crippen LogP contribution >= 0.6 is 11.8 Å². The van der Waals surface area contributed by atoms with Gasteiger partial charge >= 0.3 is 0 Å². The topological polar surface area (TPSA) is 87.3 Å². The largest absolute Gasteiger partial charge is 0.325 e. The average molecular weight is 550 g/mol.